The van der Waals surface area contributed by atoms with Crippen molar-refractivity contribution in [2.75, 3.05) is 19.7 Å². The highest BCUT2D eigenvalue weighted by molar-refractivity contribution is 5.37. The molecule has 1 fully saturated rings. The summed E-state index contributed by atoms with van der Waals surface area (Å²) in [7, 11) is 0. The Bertz CT molecular complexity index is 458. The van der Waals surface area contributed by atoms with Gasteiger partial charge in [-0.3, -0.25) is 4.90 Å². The van der Waals surface area contributed by atoms with Crippen molar-refractivity contribution in [2.45, 2.75) is 32.7 Å². The Balaban J connectivity index is 1.92. The molecule has 1 aromatic rings. The quantitative estimate of drug-likeness (QED) is 0.838. The summed E-state index contributed by atoms with van der Waals surface area (Å²) < 4.78 is 0. The number of hydrogen-bond donors (Lipinski definition) is 1. The highest BCUT2D eigenvalue weighted by atomic mass is 16.2. The van der Waals surface area contributed by atoms with Crippen LogP contribution in [0.4, 0.5) is 0 Å². The lowest BCUT2D eigenvalue weighted by molar-refractivity contribution is 0.313. The lowest BCUT2D eigenvalue weighted by atomic mass is 10.0. The van der Waals surface area contributed by atoms with Crippen molar-refractivity contribution in [1.29, 1.82) is 0 Å². The molecule has 2 heteroatoms. The van der Waals surface area contributed by atoms with Gasteiger partial charge in [0.05, 0.1) is 0 Å². The van der Waals surface area contributed by atoms with Crippen LogP contribution in [0.25, 0.3) is 0 Å². The van der Waals surface area contributed by atoms with Gasteiger partial charge < -0.3 is 5.11 Å². The molecule has 0 saturated carbocycles. The second-order valence-electron chi connectivity index (χ2n) is 5.34. The van der Waals surface area contributed by atoms with E-state index in [1.54, 1.807) is 0 Å². The molecular weight excluding hydrogens is 234 g/mol. The number of nitrogens with zero attached hydrogens (tertiary/aromatic N) is 1. The lowest BCUT2D eigenvalue weighted by Gasteiger charge is -2.16. The van der Waals surface area contributed by atoms with E-state index in [2.05, 4.69) is 41.9 Å². The van der Waals surface area contributed by atoms with Crippen molar-refractivity contribution in [2.24, 2.45) is 5.92 Å². The minimum atomic E-state index is -0.0744. The monoisotopic (exact) mass is 257 g/mol. The van der Waals surface area contributed by atoms with Gasteiger partial charge in [-0.2, -0.15) is 0 Å². The molecule has 1 N–H and O–H groups in total. The van der Waals surface area contributed by atoms with Crippen molar-refractivity contribution in [1.82, 2.24) is 4.90 Å². The van der Waals surface area contributed by atoms with E-state index >= 15 is 0 Å². The largest absolute Gasteiger partial charge is 0.384 e. The molecule has 19 heavy (non-hydrogen) atoms. The molecule has 1 aliphatic rings. The number of likely N-dealkylation sites (tertiary alicyclic amines) is 1. The van der Waals surface area contributed by atoms with Gasteiger partial charge in [-0.1, -0.05) is 37.3 Å². The second-order valence-corrected chi connectivity index (χ2v) is 5.34. The first-order valence-electron chi connectivity index (χ1n) is 7.23. The van der Waals surface area contributed by atoms with E-state index in [0.29, 0.717) is 0 Å². The Morgan fingerprint density at radius 1 is 1.42 bits per heavy atom. The topological polar surface area (TPSA) is 23.5 Å². The lowest BCUT2D eigenvalue weighted by Crippen LogP contribution is -2.20. The van der Waals surface area contributed by atoms with Crippen LogP contribution >= 0.6 is 0 Å². The molecule has 0 amide bonds. The Labute approximate surface area is 116 Å². The van der Waals surface area contributed by atoms with Gasteiger partial charge in [0.1, 0.15) is 6.61 Å². The Kier molecular flexibility index (Phi) is 5.44. The first-order valence-corrected chi connectivity index (χ1v) is 7.23. The van der Waals surface area contributed by atoms with Crippen molar-refractivity contribution in [3.8, 4) is 11.8 Å². The van der Waals surface area contributed by atoms with Gasteiger partial charge in [-0.25, -0.2) is 0 Å². The molecule has 0 aromatic heterocycles. The summed E-state index contributed by atoms with van der Waals surface area (Å²) in [4.78, 5) is 2.54. The molecule has 2 nitrogen and oxygen atoms in total. The predicted molar refractivity (Wildman–Crippen MR) is 78.7 cm³/mol. The number of aliphatic hydroxyl groups is 1. The van der Waals surface area contributed by atoms with Crippen LogP contribution in [0.3, 0.4) is 0 Å². The normalized spacial score (nSPS) is 19.2. The molecule has 1 atom stereocenters. The molecule has 1 heterocycles. The molecule has 2 rings (SSSR count). The number of hydrogen-bond acceptors (Lipinski definition) is 2. The predicted octanol–water partition coefficient (Wildman–Crippen LogP) is 2.65. The fourth-order valence-electron chi connectivity index (χ4n) is 2.85. The van der Waals surface area contributed by atoms with Crippen molar-refractivity contribution < 1.29 is 5.11 Å². The highest BCUT2D eigenvalue weighted by Gasteiger charge is 2.21. The average molecular weight is 257 g/mol. The number of benzene rings is 1. The van der Waals surface area contributed by atoms with Crippen LogP contribution < -0.4 is 0 Å². The van der Waals surface area contributed by atoms with Crippen LogP contribution in [0.5, 0.6) is 0 Å². The van der Waals surface area contributed by atoms with Crippen molar-refractivity contribution in [3.05, 3.63) is 35.4 Å². The number of rotatable bonds is 4. The highest BCUT2D eigenvalue weighted by Crippen LogP contribution is 2.22. The van der Waals surface area contributed by atoms with Crippen LogP contribution in [0.1, 0.15) is 37.3 Å². The smallest absolute Gasteiger partial charge is 0.104 e. The van der Waals surface area contributed by atoms with Gasteiger partial charge in [0, 0.05) is 18.7 Å². The Hall–Kier alpha value is -1.30. The summed E-state index contributed by atoms with van der Waals surface area (Å²) in [6.07, 6.45) is 4.00. The van der Waals surface area contributed by atoms with Crippen LogP contribution in [-0.4, -0.2) is 29.7 Å². The molecule has 1 aliphatic heterocycles. The van der Waals surface area contributed by atoms with E-state index in [1.807, 2.05) is 6.07 Å². The van der Waals surface area contributed by atoms with Gasteiger partial charge >= 0.3 is 0 Å². The minimum absolute atomic E-state index is 0.0744. The van der Waals surface area contributed by atoms with Gasteiger partial charge in [0.15, 0.2) is 0 Å². The van der Waals surface area contributed by atoms with E-state index in [1.165, 1.54) is 37.9 Å². The first-order chi connectivity index (χ1) is 9.31. The van der Waals surface area contributed by atoms with Crippen LogP contribution in [-0.2, 0) is 6.54 Å². The SMILES string of the molecule is CCCC1CCN(Cc2cccc(C#CCO)c2)C1. The maximum atomic E-state index is 8.72. The first kappa shape index (κ1) is 14.1. The maximum Gasteiger partial charge on any atom is 0.104 e. The molecule has 0 radical (unpaired) electrons. The summed E-state index contributed by atoms with van der Waals surface area (Å²) in [5, 5.41) is 8.72. The summed E-state index contributed by atoms with van der Waals surface area (Å²) >= 11 is 0. The summed E-state index contributed by atoms with van der Waals surface area (Å²) in [5.74, 6) is 6.56. The van der Waals surface area contributed by atoms with E-state index < -0.39 is 0 Å². The molecule has 0 spiro atoms. The van der Waals surface area contributed by atoms with Gasteiger partial charge in [-0.15, -0.1) is 0 Å². The number of aliphatic hydroxyl groups excluding tert-OH is 1. The van der Waals surface area contributed by atoms with E-state index in [0.717, 1.165) is 18.0 Å². The van der Waals surface area contributed by atoms with Crippen molar-refractivity contribution in [3.63, 3.8) is 0 Å². The zero-order valence-electron chi connectivity index (χ0n) is 11.7. The Morgan fingerprint density at radius 2 is 2.32 bits per heavy atom. The van der Waals surface area contributed by atoms with Crippen LogP contribution in [0, 0.1) is 17.8 Å². The third-order valence-electron chi connectivity index (χ3n) is 3.71. The molecule has 102 valence electrons. The maximum absolute atomic E-state index is 8.72. The third kappa shape index (κ3) is 4.38. The third-order valence-corrected chi connectivity index (χ3v) is 3.71. The zero-order valence-corrected chi connectivity index (χ0v) is 11.7. The van der Waals surface area contributed by atoms with Gasteiger partial charge in [0.25, 0.3) is 0 Å². The van der Waals surface area contributed by atoms with Crippen LogP contribution in [0.15, 0.2) is 24.3 Å². The summed E-state index contributed by atoms with van der Waals surface area (Å²) in [5.41, 5.74) is 2.32. The summed E-state index contributed by atoms with van der Waals surface area (Å²) in [6, 6.07) is 8.35. The minimum Gasteiger partial charge on any atom is -0.384 e. The zero-order chi connectivity index (χ0) is 13.5. The fourth-order valence-corrected chi connectivity index (χ4v) is 2.85. The van der Waals surface area contributed by atoms with E-state index in [-0.39, 0.29) is 6.61 Å². The van der Waals surface area contributed by atoms with Crippen molar-refractivity contribution >= 4 is 0 Å². The molecule has 0 aliphatic carbocycles. The standard InChI is InChI=1S/C17H23NO/c1-2-5-16-9-10-18(13-16)14-17-7-3-6-15(12-17)8-4-11-19/h3,6-7,12,16,19H,2,5,9-11,13-14H2,1H3. The van der Waals surface area contributed by atoms with Gasteiger partial charge in [0.2, 0.25) is 0 Å². The van der Waals surface area contributed by atoms with E-state index in [9.17, 15) is 0 Å². The molecular formula is C17H23NO. The molecule has 0 bridgehead atoms. The van der Waals surface area contributed by atoms with Crippen LogP contribution in [0.2, 0.25) is 0 Å². The second kappa shape index (κ2) is 7.33. The molecule has 1 unspecified atom stereocenters. The summed E-state index contributed by atoms with van der Waals surface area (Å²) in [6.45, 7) is 5.67. The molecule has 1 aromatic carbocycles. The average Bonchev–Trinajstić information content (AvgIpc) is 2.85. The van der Waals surface area contributed by atoms with E-state index in [4.69, 9.17) is 5.11 Å². The fraction of sp³-hybridized carbons (Fsp3) is 0.529. The van der Waals surface area contributed by atoms with Gasteiger partial charge in [-0.05, 0) is 43.0 Å². The Morgan fingerprint density at radius 3 is 3.11 bits per heavy atom. The molecule has 1 saturated heterocycles.